The zero-order valence-electron chi connectivity index (χ0n) is 16.9. The van der Waals surface area contributed by atoms with Crippen LogP contribution < -0.4 is 16.2 Å². The highest BCUT2D eigenvalue weighted by molar-refractivity contribution is 6.10. The Hall–Kier alpha value is -4.53. The van der Waals surface area contributed by atoms with Gasteiger partial charge in [0.15, 0.2) is 5.69 Å². The molecule has 0 saturated heterocycles. The molecule has 0 unspecified atom stereocenters. The fraction of sp³-hybridized carbons (Fsp3) is 0.0435. The highest BCUT2D eigenvalue weighted by Crippen LogP contribution is 2.34. The van der Waals surface area contributed by atoms with E-state index in [4.69, 9.17) is 5.73 Å². The molecule has 1 amide bonds. The lowest BCUT2D eigenvalue weighted by Gasteiger charge is -2.16. The Bertz CT molecular complexity index is 1560. The van der Waals surface area contributed by atoms with E-state index < -0.39 is 17.3 Å². The van der Waals surface area contributed by atoms with Crippen molar-refractivity contribution in [3.63, 3.8) is 0 Å². The molecule has 5 aromatic rings. The maximum absolute atomic E-state index is 15.5. The van der Waals surface area contributed by atoms with E-state index in [2.05, 4.69) is 19.9 Å². The number of aromatic amines is 2. The summed E-state index contributed by atoms with van der Waals surface area (Å²) in [5.74, 6) is -0.981. The van der Waals surface area contributed by atoms with Crippen LogP contribution in [-0.4, -0.2) is 32.9 Å². The van der Waals surface area contributed by atoms with Gasteiger partial charge in [0.1, 0.15) is 11.6 Å². The van der Waals surface area contributed by atoms with Gasteiger partial charge in [-0.3, -0.25) is 14.5 Å². The van der Waals surface area contributed by atoms with Crippen LogP contribution in [0.25, 0.3) is 33.3 Å². The van der Waals surface area contributed by atoms with Crippen LogP contribution >= 0.6 is 0 Å². The molecule has 9 heteroatoms. The summed E-state index contributed by atoms with van der Waals surface area (Å²) >= 11 is 0. The third-order valence-electron chi connectivity index (χ3n) is 5.30. The average Bonchev–Trinajstić information content (AvgIpc) is 3.15. The predicted octanol–water partition coefficient (Wildman–Crippen LogP) is 3.46. The van der Waals surface area contributed by atoms with Gasteiger partial charge in [0.2, 0.25) is 0 Å². The van der Waals surface area contributed by atoms with Crippen molar-refractivity contribution in [3.8, 4) is 11.4 Å². The van der Waals surface area contributed by atoms with Crippen molar-refractivity contribution >= 4 is 39.3 Å². The number of nitrogen functional groups attached to an aromatic ring is 1. The maximum Gasteiger partial charge on any atom is 0.276 e. The number of fused-ring (bicyclic) bond motifs is 2. The number of nitrogens with zero attached hydrogens (tertiary/aromatic N) is 3. The summed E-state index contributed by atoms with van der Waals surface area (Å²) in [6.45, 7) is 0. The summed E-state index contributed by atoms with van der Waals surface area (Å²) in [6.07, 6.45) is 1.54. The van der Waals surface area contributed by atoms with E-state index in [1.165, 1.54) is 18.0 Å². The lowest BCUT2D eigenvalue weighted by Crippen LogP contribution is -2.27. The number of nitrogens with one attached hydrogen (secondary N) is 2. The Labute approximate surface area is 180 Å². The number of aromatic nitrogens is 4. The molecular weight excluding hydrogens is 411 g/mol. The largest absolute Gasteiger partial charge is 0.396 e. The molecule has 3 heterocycles. The second-order valence-corrected chi connectivity index (χ2v) is 7.25. The second-order valence-electron chi connectivity index (χ2n) is 7.25. The van der Waals surface area contributed by atoms with Gasteiger partial charge < -0.3 is 15.7 Å². The van der Waals surface area contributed by atoms with E-state index in [9.17, 15) is 9.59 Å². The molecule has 8 nitrogen and oxygen atoms in total. The van der Waals surface area contributed by atoms with Gasteiger partial charge in [0.25, 0.3) is 11.5 Å². The molecular formula is C23H17FN6O2. The molecule has 158 valence electrons. The summed E-state index contributed by atoms with van der Waals surface area (Å²) in [6, 6.07) is 15.1. The standard InChI is InChI=1S/C23H17FN6O2/c1-30(16-8-4-5-11-26-16)23(32)12-9-10-15-17(18(12)24)19(25)20(28-15)21-22(31)29-14-7-3-2-6-13(14)27-21/h2-11,28H,25H2,1H3,(H,29,31). The number of H-pyrrole nitrogens is 2. The van der Waals surface area contributed by atoms with Crippen LogP contribution in [0.2, 0.25) is 0 Å². The third kappa shape index (κ3) is 2.99. The fourth-order valence-electron chi connectivity index (χ4n) is 3.66. The summed E-state index contributed by atoms with van der Waals surface area (Å²) in [5, 5.41) is 0.0228. The molecule has 2 aromatic carbocycles. The van der Waals surface area contributed by atoms with Crippen LogP contribution in [0, 0.1) is 5.82 Å². The molecule has 0 atom stereocenters. The molecule has 0 radical (unpaired) electrons. The van der Waals surface area contributed by atoms with E-state index in [1.54, 1.807) is 54.7 Å². The first-order valence-electron chi connectivity index (χ1n) is 9.74. The lowest BCUT2D eigenvalue weighted by atomic mass is 10.1. The summed E-state index contributed by atoms with van der Waals surface area (Å²) < 4.78 is 15.5. The third-order valence-corrected chi connectivity index (χ3v) is 5.30. The number of hydrogen-bond acceptors (Lipinski definition) is 5. The molecule has 0 fully saturated rings. The Kier molecular flexibility index (Phi) is 4.44. The monoisotopic (exact) mass is 428 g/mol. The number of carbonyl (C=O) groups is 1. The van der Waals surface area contributed by atoms with Crippen LogP contribution in [0.15, 0.2) is 65.6 Å². The second kappa shape index (κ2) is 7.31. The molecule has 0 aliphatic rings. The Morgan fingerprint density at radius 1 is 1.03 bits per heavy atom. The van der Waals surface area contributed by atoms with Gasteiger partial charge in [0.05, 0.1) is 38.9 Å². The molecule has 0 bridgehead atoms. The van der Waals surface area contributed by atoms with Crippen molar-refractivity contribution in [2.45, 2.75) is 0 Å². The van der Waals surface area contributed by atoms with Gasteiger partial charge in [-0.05, 0) is 36.4 Å². The quantitative estimate of drug-likeness (QED) is 0.406. The lowest BCUT2D eigenvalue weighted by molar-refractivity contribution is 0.0989. The van der Waals surface area contributed by atoms with E-state index in [0.717, 1.165) is 0 Å². The molecule has 5 rings (SSSR count). The van der Waals surface area contributed by atoms with Crippen molar-refractivity contribution in [2.75, 3.05) is 17.7 Å². The Balaban J connectivity index is 1.64. The van der Waals surface area contributed by atoms with Gasteiger partial charge in [-0.15, -0.1) is 0 Å². The fourth-order valence-corrected chi connectivity index (χ4v) is 3.66. The maximum atomic E-state index is 15.5. The number of carbonyl (C=O) groups excluding carboxylic acids is 1. The van der Waals surface area contributed by atoms with E-state index in [1.807, 2.05) is 0 Å². The molecule has 32 heavy (non-hydrogen) atoms. The smallest absolute Gasteiger partial charge is 0.276 e. The normalized spacial score (nSPS) is 11.2. The number of pyridine rings is 1. The number of amides is 1. The van der Waals surface area contributed by atoms with Crippen molar-refractivity contribution in [2.24, 2.45) is 0 Å². The Morgan fingerprint density at radius 3 is 2.59 bits per heavy atom. The van der Waals surface area contributed by atoms with Crippen LogP contribution in [-0.2, 0) is 0 Å². The van der Waals surface area contributed by atoms with E-state index in [0.29, 0.717) is 22.4 Å². The molecule has 4 N–H and O–H groups in total. The molecule has 0 aliphatic carbocycles. The minimum atomic E-state index is -0.785. The van der Waals surface area contributed by atoms with Crippen molar-refractivity contribution < 1.29 is 9.18 Å². The minimum absolute atomic E-state index is 0.000852. The van der Waals surface area contributed by atoms with E-state index in [-0.39, 0.29) is 28.0 Å². The average molecular weight is 428 g/mol. The van der Waals surface area contributed by atoms with Crippen molar-refractivity contribution in [1.29, 1.82) is 0 Å². The number of hydrogen-bond donors (Lipinski definition) is 3. The highest BCUT2D eigenvalue weighted by atomic mass is 19.1. The van der Waals surface area contributed by atoms with Gasteiger partial charge in [-0.2, -0.15) is 0 Å². The molecule has 0 spiro atoms. The van der Waals surface area contributed by atoms with Crippen LogP contribution in [0.3, 0.4) is 0 Å². The van der Waals surface area contributed by atoms with Gasteiger partial charge in [0, 0.05) is 13.2 Å². The molecule has 3 aromatic heterocycles. The highest BCUT2D eigenvalue weighted by Gasteiger charge is 2.24. The van der Waals surface area contributed by atoms with Gasteiger partial charge in [-0.25, -0.2) is 14.4 Å². The minimum Gasteiger partial charge on any atom is -0.396 e. The van der Waals surface area contributed by atoms with E-state index >= 15 is 4.39 Å². The van der Waals surface area contributed by atoms with Crippen LogP contribution in [0.1, 0.15) is 10.4 Å². The zero-order valence-corrected chi connectivity index (χ0v) is 16.9. The summed E-state index contributed by atoms with van der Waals surface area (Å²) in [4.78, 5) is 41.0. The number of nitrogens with two attached hydrogens (primary N) is 1. The summed E-state index contributed by atoms with van der Waals surface area (Å²) in [5.41, 5.74) is 7.33. The van der Waals surface area contributed by atoms with Gasteiger partial charge in [-0.1, -0.05) is 18.2 Å². The summed E-state index contributed by atoms with van der Waals surface area (Å²) in [7, 11) is 1.51. The van der Waals surface area contributed by atoms with Crippen molar-refractivity contribution in [1.82, 2.24) is 19.9 Å². The zero-order chi connectivity index (χ0) is 22.4. The Morgan fingerprint density at radius 2 is 1.81 bits per heavy atom. The van der Waals surface area contributed by atoms with Crippen molar-refractivity contribution in [3.05, 3.63) is 82.5 Å². The van der Waals surface area contributed by atoms with Crippen LogP contribution in [0.4, 0.5) is 15.9 Å². The number of halogens is 1. The number of anilines is 2. The first-order chi connectivity index (χ1) is 15.5. The predicted molar refractivity (Wildman–Crippen MR) is 121 cm³/mol. The first kappa shape index (κ1) is 19.4. The molecule has 0 saturated carbocycles. The molecule has 0 aliphatic heterocycles. The number of rotatable bonds is 3. The van der Waals surface area contributed by atoms with Gasteiger partial charge >= 0.3 is 0 Å². The van der Waals surface area contributed by atoms with Crippen LogP contribution in [0.5, 0.6) is 0 Å². The number of benzene rings is 2. The number of para-hydroxylation sites is 2. The first-order valence-corrected chi connectivity index (χ1v) is 9.74. The topological polar surface area (TPSA) is 121 Å². The SMILES string of the molecule is CN(C(=O)c1ccc2[nH]c(-c3nc4ccccc4[nH]c3=O)c(N)c2c1F)c1ccccn1.